The first-order valence-corrected chi connectivity index (χ1v) is 17.1. The van der Waals surface area contributed by atoms with Crippen molar-refractivity contribution in [1.29, 1.82) is 0 Å². The largest absolute Gasteiger partial charge is 0.349 e. The van der Waals surface area contributed by atoms with E-state index in [1.54, 1.807) is 4.90 Å². The third kappa shape index (κ3) is 8.58. The van der Waals surface area contributed by atoms with Gasteiger partial charge in [0.05, 0.1) is 11.8 Å². The lowest BCUT2D eigenvalue weighted by molar-refractivity contribution is -0.158. The van der Waals surface area contributed by atoms with Crippen molar-refractivity contribution in [3.8, 4) is 0 Å². The SMILES string of the molecule is C/C=C/C(=NC(CN)C(C)(C)C)c1ccc([C@H](C(=O)NC(C)(C)C)N2C(=O)C(C3Cc4ccccc4C3)NC(=O)[C@H]2CC(C)C)cc1. The van der Waals surface area contributed by atoms with Gasteiger partial charge in [0.1, 0.15) is 18.1 Å². The standard InChI is InChI=1S/C39H55N5O3/c1-10-13-30(41-32(23-40)38(4,5)6)25-16-18-26(19-17-25)34(36(46)43-39(7,8)9)44-31(20-24(2)3)35(45)42-33(37(44)47)29-21-27-14-11-12-15-28(27)22-29/h10-19,24,29,31-34H,20-23,40H2,1-9H3,(H,42,45)(H,43,46)/b13-10+,41-30?/t31-,32?,33?,34-/m1/s1. The van der Waals surface area contributed by atoms with Crippen LogP contribution in [-0.2, 0) is 27.2 Å². The molecule has 8 heteroatoms. The summed E-state index contributed by atoms with van der Waals surface area (Å²) in [6, 6.07) is 13.3. The molecule has 47 heavy (non-hydrogen) atoms. The van der Waals surface area contributed by atoms with Crippen LogP contribution in [0, 0.1) is 17.3 Å². The number of carbonyl (C=O) groups is 3. The van der Waals surface area contributed by atoms with E-state index in [2.05, 4.69) is 43.5 Å². The molecule has 2 unspecified atom stereocenters. The molecule has 4 N–H and O–H groups in total. The van der Waals surface area contributed by atoms with E-state index in [1.165, 1.54) is 11.1 Å². The van der Waals surface area contributed by atoms with E-state index in [-0.39, 0.29) is 41.0 Å². The van der Waals surface area contributed by atoms with Crippen LogP contribution in [0.2, 0.25) is 0 Å². The second-order valence-corrected chi connectivity index (χ2v) is 15.7. The van der Waals surface area contributed by atoms with Crippen LogP contribution in [0.15, 0.2) is 65.7 Å². The highest BCUT2D eigenvalue weighted by Crippen LogP contribution is 2.36. The zero-order valence-electron chi connectivity index (χ0n) is 29.8. The molecule has 1 aliphatic carbocycles. The molecule has 3 amide bonds. The van der Waals surface area contributed by atoms with Gasteiger partial charge in [-0.2, -0.15) is 0 Å². The minimum absolute atomic E-state index is 0.0846. The van der Waals surface area contributed by atoms with Gasteiger partial charge in [-0.3, -0.25) is 19.4 Å². The minimum Gasteiger partial charge on any atom is -0.349 e. The van der Waals surface area contributed by atoms with Crippen molar-refractivity contribution in [3.05, 3.63) is 82.9 Å². The predicted octanol–water partition coefficient (Wildman–Crippen LogP) is 5.54. The summed E-state index contributed by atoms with van der Waals surface area (Å²) in [4.78, 5) is 49.5. The monoisotopic (exact) mass is 641 g/mol. The van der Waals surface area contributed by atoms with E-state index in [0.29, 0.717) is 31.4 Å². The number of hydrogen-bond donors (Lipinski definition) is 3. The van der Waals surface area contributed by atoms with Crippen LogP contribution >= 0.6 is 0 Å². The number of amides is 3. The third-order valence-corrected chi connectivity index (χ3v) is 9.09. The molecule has 254 valence electrons. The maximum atomic E-state index is 14.7. The van der Waals surface area contributed by atoms with Crippen LogP contribution in [0.5, 0.6) is 0 Å². The van der Waals surface area contributed by atoms with Crippen LogP contribution in [-0.4, -0.2) is 58.5 Å². The van der Waals surface area contributed by atoms with Gasteiger partial charge in [-0.05, 0) is 92.5 Å². The molecule has 2 aliphatic rings. The summed E-state index contributed by atoms with van der Waals surface area (Å²) >= 11 is 0. The Morgan fingerprint density at radius 2 is 1.62 bits per heavy atom. The second kappa shape index (κ2) is 14.5. The maximum Gasteiger partial charge on any atom is 0.247 e. The van der Waals surface area contributed by atoms with Crippen molar-refractivity contribution >= 4 is 23.4 Å². The molecule has 4 rings (SSSR count). The normalized spacial score (nSPS) is 20.8. The zero-order valence-corrected chi connectivity index (χ0v) is 29.8. The number of aliphatic imine (C=N–C) groups is 1. The zero-order chi connectivity index (χ0) is 34.7. The molecule has 0 saturated carbocycles. The summed E-state index contributed by atoms with van der Waals surface area (Å²) in [6.07, 6.45) is 5.76. The number of nitrogens with zero attached hydrogens (tertiary/aromatic N) is 2. The Hall–Kier alpha value is -3.78. The van der Waals surface area contributed by atoms with Gasteiger partial charge in [0.2, 0.25) is 17.7 Å². The fourth-order valence-electron chi connectivity index (χ4n) is 6.73. The molecule has 0 radical (unpaired) electrons. The molecule has 0 bridgehead atoms. The lowest BCUT2D eigenvalue weighted by Gasteiger charge is -2.45. The van der Waals surface area contributed by atoms with Gasteiger partial charge in [0, 0.05) is 12.1 Å². The Balaban J connectivity index is 1.79. The highest BCUT2D eigenvalue weighted by atomic mass is 16.2. The number of allylic oxidation sites excluding steroid dienone is 2. The van der Waals surface area contributed by atoms with Crippen LogP contribution in [0.3, 0.4) is 0 Å². The molecule has 1 saturated heterocycles. The number of nitrogens with one attached hydrogen (secondary N) is 2. The van der Waals surface area contributed by atoms with Crippen molar-refractivity contribution in [2.45, 2.75) is 111 Å². The number of hydrogen-bond acceptors (Lipinski definition) is 5. The van der Waals surface area contributed by atoms with Crippen molar-refractivity contribution < 1.29 is 14.4 Å². The first-order chi connectivity index (χ1) is 22.0. The quantitative estimate of drug-likeness (QED) is 0.296. The molecular weight excluding hydrogens is 586 g/mol. The fraction of sp³-hybridized carbons (Fsp3) is 0.538. The molecule has 1 heterocycles. The highest BCUT2D eigenvalue weighted by Gasteiger charge is 2.49. The number of rotatable bonds is 10. The van der Waals surface area contributed by atoms with Gasteiger partial charge in [0.25, 0.3) is 0 Å². The lowest BCUT2D eigenvalue weighted by Crippen LogP contribution is -2.67. The molecule has 0 aromatic heterocycles. The van der Waals surface area contributed by atoms with E-state index < -0.39 is 23.7 Å². The number of nitrogens with two attached hydrogens (primary N) is 1. The van der Waals surface area contributed by atoms with E-state index in [4.69, 9.17) is 10.7 Å². The second-order valence-electron chi connectivity index (χ2n) is 15.7. The molecule has 4 atom stereocenters. The Kier molecular flexibility index (Phi) is 11.2. The molecule has 2 aromatic carbocycles. The summed E-state index contributed by atoms with van der Waals surface area (Å²) in [5.74, 6) is -0.688. The van der Waals surface area contributed by atoms with E-state index in [1.807, 2.05) is 90.1 Å². The van der Waals surface area contributed by atoms with Crippen molar-refractivity contribution in [2.75, 3.05) is 6.54 Å². The predicted molar refractivity (Wildman–Crippen MR) is 190 cm³/mol. The Bertz CT molecular complexity index is 1470. The van der Waals surface area contributed by atoms with E-state index >= 15 is 0 Å². The summed E-state index contributed by atoms with van der Waals surface area (Å²) in [7, 11) is 0. The number of fused-ring (bicyclic) bond motifs is 1. The molecule has 1 aliphatic heterocycles. The van der Waals surface area contributed by atoms with E-state index in [9.17, 15) is 14.4 Å². The minimum atomic E-state index is -0.995. The topological polar surface area (TPSA) is 117 Å². The highest BCUT2D eigenvalue weighted by molar-refractivity contribution is 6.09. The molecule has 2 aromatic rings. The Morgan fingerprint density at radius 3 is 2.11 bits per heavy atom. The van der Waals surface area contributed by atoms with Crippen molar-refractivity contribution in [1.82, 2.24) is 15.5 Å². The van der Waals surface area contributed by atoms with Crippen LogP contribution in [0.1, 0.15) is 97.0 Å². The maximum absolute atomic E-state index is 14.7. The Morgan fingerprint density at radius 1 is 1.02 bits per heavy atom. The lowest BCUT2D eigenvalue weighted by atomic mass is 9.86. The number of benzene rings is 2. The first-order valence-electron chi connectivity index (χ1n) is 17.1. The smallest absolute Gasteiger partial charge is 0.247 e. The summed E-state index contributed by atoms with van der Waals surface area (Å²) in [5.41, 5.74) is 10.2. The summed E-state index contributed by atoms with van der Waals surface area (Å²) in [5, 5.41) is 6.22. The first kappa shape index (κ1) is 36.1. The molecule has 8 nitrogen and oxygen atoms in total. The number of carbonyl (C=O) groups excluding carboxylic acids is 3. The molecule has 0 spiro atoms. The molecular formula is C39H55N5O3. The third-order valence-electron chi connectivity index (χ3n) is 9.09. The average Bonchev–Trinajstić information content (AvgIpc) is 3.41. The molecule has 1 fully saturated rings. The van der Waals surface area contributed by atoms with Crippen LogP contribution in [0.4, 0.5) is 0 Å². The Labute approximate surface area is 281 Å². The van der Waals surface area contributed by atoms with Gasteiger partial charge in [-0.1, -0.05) is 89.2 Å². The van der Waals surface area contributed by atoms with Gasteiger partial charge >= 0.3 is 0 Å². The van der Waals surface area contributed by atoms with Crippen molar-refractivity contribution in [2.24, 2.45) is 28.0 Å². The van der Waals surface area contributed by atoms with Gasteiger partial charge < -0.3 is 21.3 Å². The van der Waals surface area contributed by atoms with Gasteiger partial charge in [-0.25, -0.2) is 0 Å². The summed E-state index contributed by atoms with van der Waals surface area (Å²) in [6.45, 7) is 18.6. The average molecular weight is 642 g/mol. The van der Waals surface area contributed by atoms with Crippen LogP contribution < -0.4 is 16.4 Å². The van der Waals surface area contributed by atoms with E-state index in [0.717, 1.165) is 11.3 Å². The van der Waals surface area contributed by atoms with Crippen molar-refractivity contribution in [3.63, 3.8) is 0 Å². The van der Waals surface area contributed by atoms with Crippen LogP contribution in [0.25, 0.3) is 0 Å². The fourth-order valence-corrected chi connectivity index (χ4v) is 6.73. The number of piperazine rings is 1. The van der Waals surface area contributed by atoms with Gasteiger partial charge in [0.15, 0.2) is 0 Å². The summed E-state index contributed by atoms with van der Waals surface area (Å²) < 4.78 is 0. The van der Waals surface area contributed by atoms with Gasteiger partial charge in [-0.15, -0.1) is 0 Å².